The van der Waals surface area contributed by atoms with E-state index in [4.69, 9.17) is 9.47 Å². The minimum absolute atomic E-state index is 0.0945. The summed E-state index contributed by atoms with van der Waals surface area (Å²) >= 11 is 0. The molecule has 1 aromatic heterocycles. The molecule has 1 heterocycles. The molecule has 10 nitrogen and oxygen atoms in total. The molecule has 0 saturated carbocycles. The molecule has 0 aliphatic carbocycles. The molecule has 1 amide bonds. The van der Waals surface area contributed by atoms with Crippen molar-refractivity contribution in [1.29, 1.82) is 0 Å². The molecule has 32 heavy (non-hydrogen) atoms. The Hall–Kier alpha value is -4.21. The molecule has 0 radical (unpaired) electrons. The van der Waals surface area contributed by atoms with E-state index in [2.05, 4.69) is 15.6 Å². The van der Waals surface area contributed by atoms with Gasteiger partial charge in [-0.1, -0.05) is 30.3 Å². The SMILES string of the molecule is COc1cc(/C=N/NC(=O)Cn2nc(C)c([N+](=O)[O-])c2C)ccc1OCc1ccccc1. The number of amides is 1. The topological polar surface area (TPSA) is 121 Å². The Morgan fingerprint density at radius 2 is 1.97 bits per heavy atom. The first kappa shape index (κ1) is 22.5. The molecule has 3 aromatic rings. The fourth-order valence-corrected chi connectivity index (χ4v) is 3.07. The maximum atomic E-state index is 12.1. The molecule has 0 fully saturated rings. The predicted molar refractivity (Wildman–Crippen MR) is 118 cm³/mol. The summed E-state index contributed by atoms with van der Waals surface area (Å²) in [5, 5.41) is 19.0. The van der Waals surface area contributed by atoms with E-state index in [0.29, 0.717) is 29.4 Å². The monoisotopic (exact) mass is 437 g/mol. The van der Waals surface area contributed by atoms with Crippen LogP contribution in [0.1, 0.15) is 22.5 Å². The summed E-state index contributed by atoms with van der Waals surface area (Å²) in [6.07, 6.45) is 1.46. The van der Waals surface area contributed by atoms with Gasteiger partial charge < -0.3 is 9.47 Å². The zero-order valence-electron chi connectivity index (χ0n) is 17.9. The van der Waals surface area contributed by atoms with Gasteiger partial charge in [-0.15, -0.1) is 0 Å². The van der Waals surface area contributed by atoms with Gasteiger partial charge in [0.15, 0.2) is 11.5 Å². The zero-order chi connectivity index (χ0) is 23.1. The fraction of sp³-hybridized carbons (Fsp3) is 0.227. The van der Waals surface area contributed by atoms with Crippen molar-refractivity contribution in [2.45, 2.75) is 27.0 Å². The van der Waals surface area contributed by atoms with Crippen LogP contribution in [0.15, 0.2) is 53.6 Å². The average molecular weight is 437 g/mol. The summed E-state index contributed by atoms with van der Waals surface area (Å²) in [4.78, 5) is 22.7. The lowest BCUT2D eigenvalue weighted by molar-refractivity contribution is -0.386. The summed E-state index contributed by atoms with van der Waals surface area (Å²) in [5.74, 6) is 0.659. The molecule has 3 rings (SSSR count). The van der Waals surface area contributed by atoms with E-state index in [1.54, 1.807) is 32.2 Å². The van der Waals surface area contributed by atoms with Crippen LogP contribution in [0.3, 0.4) is 0 Å². The molecular formula is C22H23N5O5. The van der Waals surface area contributed by atoms with Crippen molar-refractivity contribution in [2.24, 2.45) is 5.10 Å². The van der Waals surface area contributed by atoms with Crippen LogP contribution in [0, 0.1) is 24.0 Å². The Kier molecular flexibility index (Phi) is 7.17. The Morgan fingerprint density at radius 1 is 1.22 bits per heavy atom. The minimum atomic E-state index is -0.509. The highest BCUT2D eigenvalue weighted by atomic mass is 16.6. The van der Waals surface area contributed by atoms with Crippen LogP contribution < -0.4 is 14.9 Å². The van der Waals surface area contributed by atoms with Crippen LogP contribution >= 0.6 is 0 Å². The molecule has 0 atom stereocenters. The number of nitrogens with one attached hydrogen (secondary N) is 1. The number of carbonyl (C=O) groups is 1. The smallest absolute Gasteiger partial charge is 0.312 e. The van der Waals surface area contributed by atoms with E-state index in [-0.39, 0.29) is 17.9 Å². The molecule has 0 aliphatic rings. The molecule has 0 saturated heterocycles. The number of carbonyl (C=O) groups excluding carboxylic acids is 1. The Balaban J connectivity index is 1.59. The summed E-state index contributed by atoms with van der Waals surface area (Å²) in [6.45, 7) is 3.29. The zero-order valence-corrected chi connectivity index (χ0v) is 17.9. The van der Waals surface area contributed by atoms with Crippen LogP contribution in [-0.4, -0.2) is 33.9 Å². The lowest BCUT2D eigenvalue weighted by Crippen LogP contribution is -2.24. The van der Waals surface area contributed by atoms with Crippen molar-refractivity contribution >= 4 is 17.8 Å². The van der Waals surface area contributed by atoms with E-state index in [1.165, 1.54) is 17.8 Å². The highest BCUT2D eigenvalue weighted by molar-refractivity contribution is 5.83. The van der Waals surface area contributed by atoms with E-state index < -0.39 is 10.8 Å². The minimum Gasteiger partial charge on any atom is -0.493 e. The number of hydrogen-bond acceptors (Lipinski definition) is 7. The third kappa shape index (κ3) is 5.48. The van der Waals surface area contributed by atoms with Crippen molar-refractivity contribution in [2.75, 3.05) is 7.11 Å². The molecule has 2 aromatic carbocycles. The number of hydrazone groups is 1. The molecule has 0 aliphatic heterocycles. The van der Waals surface area contributed by atoms with Crippen LogP contribution in [0.2, 0.25) is 0 Å². The maximum absolute atomic E-state index is 12.1. The van der Waals surface area contributed by atoms with Gasteiger partial charge in [-0.25, -0.2) is 5.43 Å². The highest BCUT2D eigenvalue weighted by Crippen LogP contribution is 2.28. The Labute approximate surface area is 184 Å². The number of nitro groups is 1. The first-order chi connectivity index (χ1) is 15.4. The number of benzene rings is 2. The predicted octanol–water partition coefficient (Wildman–Crippen LogP) is 3.15. The third-order valence-corrected chi connectivity index (χ3v) is 4.65. The van der Waals surface area contributed by atoms with Crippen molar-refractivity contribution in [1.82, 2.24) is 15.2 Å². The second kappa shape index (κ2) is 10.2. The first-order valence-electron chi connectivity index (χ1n) is 9.74. The highest BCUT2D eigenvalue weighted by Gasteiger charge is 2.22. The van der Waals surface area contributed by atoms with Gasteiger partial charge in [0.25, 0.3) is 5.91 Å². The summed E-state index contributed by atoms with van der Waals surface area (Å²) in [5.41, 5.74) is 4.59. The van der Waals surface area contributed by atoms with Gasteiger partial charge in [0.1, 0.15) is 24.5 Å². The number of hydrogen-bond donors (Lipinski definition) is 1. The number of aryl methyl sites for hydroxylation is 1. The Bertz CT molecular complexity index is 1140. The molecule has 166 valence electrons. The van der Waals surface area contributed by atoms with Gasteiger partial charge >= 0.3 is 5.69 Å². The second-order valence-corrected chi connectivity index (χ2v) is 6.91. The molecule has 0 bridgehead atoms. The first-order valence-corrected chi connectivity index (χ1v) is 9.74. The van der Waals surface area contributed by atoms with Gasteiger partial charge in [0.05, 0.1) is 18.2 Å². The van der Waals surface area contributed by atoms with Crippen LogP contribution in [0.25, 0.3) is 0 Å². The molecule has 0 unspecified atom stereocenters. The van der Waals surface area contributed by atoms with Crippen LogP contribution in [-0.2, 0) is 17.9 Å². The average Bonchev–Trinajstić information content (AvgIpc) is 3.06. The normalized spacial score (nSPS) is 10.8. The van der Waals surface area contributed by atoms with Gasteiger partial charge in [-0.05, 0) is 43.2 Å². The quantitative estimate of drug-likeness (QED) is 0.312. The molecule has 0 spiro atoms. The third-order valence-electron chi connectivity index (χ3n) is 4.65. The van der Waals surface area contributed by atoms with E-state index >= 15 is 0 Å². The van der Waals surface area contributed by atoms with Gasteiger partial charge in [-0.2, -0.15) is 10.2 Å². The van der Waals surface area contributed by atoms with E-state index in [1.807, 2.05) is 30.3 Å². The van der Waals surface area contributed by atoms with Gasteiger partial charge in [0, 0.05) is 0 Å². The van der Waals surface area contributed by atoms with Crippen molar-refractivity contribution in [3.63, 3.8) is 0 Å². The maximum Gasteiger partial charge on any atom is 0.312 e. The number of methoxy groups -OCH3 is 1. The number of ether oxygens (including phenoxy) is 2. The lowest BCUT2D eigenvalue weighted by atomic mass is 10.2. The summed E-state index contributed by atoms with van der Waals surface area (Å²) in [7, 11) is 1.54. The van der Waals surface area contributed by atoms with Gasteiger partial charge in [0.2, 0.25) is 0 Å². The number of nitrogens with zero attached hydrogens (tertiary/aromatic N) is 4. The van der Waals surface area contributed by atoms with E-state index in [0.717, 1.165) is 5.56 Å². The summed E-state index contributed by atoms with van der Waals surface area (Å²) in [6, 6.07) is 15.1. The van der Waals surface area contributed by atoms with E-state index in [9.17, 15) is 14.9 Å². The molecule has 10 heteroatoms. The van der Waals surface area contributed by atoms with Gasteiger partial charge in [-0.3, -0.25) is 19.6 Å². The molecular weight excluding hydrogens is 414 g/mol. The van der Waals surface area contributed by atoms with Crippen LogP contribution in [0.4, 0.5) is 5.69 Å². The fourth-order valence-electron chi connectivity index (χ4n) is 3.07. The Morgan fingerprint density at radius 3 is 2.62 bits per heavy atom. The second-order valence-electron chi connectivity index (χ2n) is 6.91. The largest absolute Gasteiger partial charge is 0.493 e. The van der Waals surface area contributed by atoms with Crippen molar-refractivity contribution < 1.29 is 19.2 Å². The van der Waals surface area contributed by atoms with Crippen LogP contribution in [0.5, 0.6) is 11.5 Å². The molecule has 1 N–H and O–H groups in total. The van der Waals surface area contributed by atoms with Crippen molar-refractivity contribution in [3.05, 3.63) is 81.2 Å². The standard InChI is InChI=1S/C22H23N5O5/c1-15-22(27(29)30)16(2)26(25-15)13-21(28)24-23-12-18-9-10-19(20(11-18)31-3)32-14-17-7-5-4-6-8-17/h4-12H,13-14H2,1-3H3,(H,24,28)/b23-12+. The number of rotatable bonds is 9. The number of aromatic nitrogens is 2. The lowest BCUT2D eigenvalue weighted by Gasteiger charge is -2.11. The summed E-state index contributed by atoms with van der Waals surface area (Å²) < 4.78 is 12.5. The van der Waals surface area contributed by atoms with Crippen molar-refractivity contribution in [3.8, 4) is 11.5 Å².